The van der Waals surface area contributed by atoms with Gasteiger partial charge in [-0.05, 0) is 114 Å². The van der Waals surface area contributed by atoms with Crippen LogP contribution in [0, 0.1) is 44.4 Å². The summed E-state index contributed by atoms with van der Waals surface area (Å²) in [6.45, 7) is 19.4. The predicted molar refractivity (Wildman–Crippen MR) is 323 cm³/mol. The van der Waals surface area contributed by atoms with Crippen LogP contribution in [0.1, 0.15) is 276 Å². The average Bonchev–Trinajstić information content (AvgIpc) is 3.39. The maximum absolute atomic E-state index is 13.2. The first kappa shape index (κ1) is 73.8. The molecule has 0 saturated heterocycles. The molecular formula is C66H108N3O14. The van der Waals surface area contributed by atoms with Crippen molar-refractivity contribution in [2.45, 2.75) is 304 Å². The number of carbonyl (C=O) groups is 8. The molecule has 1 heterocycles. The topological polar surface area (TPSA) is 269 Å². The van der Waals surface area contributed by atoms with Crippen LogP contribution in [0.15, 0.2) is 0 Å². The number of hydrogen-bond donors (Lipinski definition) is 6. The fraction of sp³-hybridized carbons (Fsp3) is 0.773. The highest BCUT2D eigenvalue weighted by Gasteiger charge is 2.36. The Morgan fingerprint density at radius 2 is 1.00 bits per heavy atom. The number of nitrogens with one attached hydrogen (secondary N) is 3. The zero-order valence-corrected chi connectivity index (χ0v) is 52.4. The number of carboxylic acids is 3. The summed E-state index contributed by atoms with van der Waals surface area (Å²) in [7, 11) is 0. The second-order valence-corrected chi connectivity index (χ2v) is 24.9. The van der Waals surface area contributed by atoms with E-state index in [0.717, 1.165) is 97.6 Å². The summed E-state index contributed by atoms with van der Waals surface area (Å²) >= 11 is 0. The van der Waals surface area contributed by atoms with E-state index in [9.17, 15) is 58.5 Å². The van der Waals surface area contributed by atoms with Crippen LogP contribution in [0.25, 0.3) is 0 Å². The minimum absolute atomic E-state index is 0.129. The van der Waals surface area contributed by atoms with Crippen LogP contribution in [0.4, 0.5) is 0 Å². The van der Waals surface area contributed by atoms with E-state index in [0.29, 0.717) is 18.1 Å². The number of rotatable bonds is 48. The summed E-state index contributed by atoms with van der Waals surface area (Å²) in [6, 6.07) is -4.78. The molecule has 1 aliphatic heterocycles. The van der Waals surface area contributed by atoms with Gasteiger partial charge in [0.1, 0.15) is 41.0 Å². The lowest BCUT2D eigenvalue weighted by atomic mass is 9.83. The van der Waals surface area contributed by atoms with Crippen LogP contribution in [-0.2, 0) is 49.6 Å². The van der Waals surface area contributed by atoms with Gasteiger partial charge >= 0.3 is 23.9 Å². The maximum Gasteiger partial charge on any atom is 0.326 e. The van der Waals surface area contributed by atoms with E-state index in [4.69, 9.17) is 9.47 Å². The molecule has 1 unspecified atom stereocenters. The van der Waals surface area contributed by atoms with Gasteiger partial charge in [0.05, 0.1) is 12.3 Å². The monoisotopic (exact) mass is 1170 g/mol. The molecule has 17 heteroatoms. The van der Waals surface area contributed by atoms with Gasteiger partial charge in [-0.1, -0.05) is 169 Å². The van der Waals surface area contributed by atoms with E-state index >= 15 is 0 Å². The third kappa shape index (κ3) is 30.3. The first-order valence-electron chi connectivity index (χ1n) is 31.9. The lowest BCUT2D eigenvalue weighted by Gasteiger charge is -2.38. The number of ketones is 1. The van der Waals surface area contributed by atoms with Crippen molar-refractivity contribution in [1.82, 2.24) is 16.0 Å². The van der Waals surface area contributed by atoms with Crippen LogP contribution in [0.2, 0.25) is 0 Å². The molecule has 6 N–H and O–H groups in total. The number of amides is 3. The molecule has 83 heavy (non-hydrogen) atoms. The molecule has 1 aliphatic rings. The molecule has 0 saturated carbocycles. The smallest absolute Gasteiger partial charge is 0.326 e. The van der Waals surface area contributed by atoms with Crippen molar-refractivity contribution in [3.63, 3.8) is 0 Å². The number of benzene rings is 1. The van der Waals surface area contributed by atoms with Crippen LogP contribution < -0.4 is 25.4 Å². The minimum atomic E-state index is -1.75. The number of unbranched alkanes of at least 4 members (excludes halogenated alkanes) is 14. The zero-order chi connectivity index (χ0) is 61.9. The molecule has 471 valence electrons. The fourth-order valence-electron chi connectivity index (χ4n) is 11.2. The number of Topliss-reactive ketones (excluding diaryl/α,β-unsaturated/α-hetero) is 1. The molecule has 2 rings (SSSR count). The Kier molecular flexibility index (Phi) is 36.3. The van der Waals surface area contributed by atoms with Crippen molar-refractivity contribution >= 4 is 53.7 Å². The van der Waals surface area contributed by atoms with Gasteiger partial charge in [0.2, 0.25) is 24.0 Å². The van der Waals surface area contributed by atoms with Gasteiger partial charge in [0, 0.05) is 31.2 Å². The summed E-state index contributed by atoms with van der Waals surface area (Å²) in [5.41, 5.74) is 3.00. The van der Waals surface area contributed by atoms with Crippen LogP contribution >= 0.6 is 0 Å². The van der Waals surface area contributed by atoms with Gasteiger partial charge in [-0.15, -0.1) is 0 Å². The third-order valence-electron chi connectivity index (χ3n) is 16.9. The van der Waals surface area contributed by atoms with E-state index < -0.39 is 110 Å². The van der Waals surface area contributed by atoms with Crippen molar-refractivity contribution in [3.8, 4) is 11.5 Å². The van der Waals surface area contributed by atoms with Gasteiger partial charge < -0.3 is 40.7 Å². The summed E-state index contributed by atoms with van der Waals surface area (Å²) in [6.07, 6.45) is 28.1. The second-order valence-electron chi connectivity index (χ2n) is 24.9. The number of carbonyl (C=O) groups excluding carboxylic acids is 6. The molecule has 7 atom stereocenters. The number of hydrogen-bond acceptors (Lipinski definition) is 11. The fourth-order valence-corrected chi connectivity index (χ4v) is 11.2. The lowest BCUT2D eigenvalue weighted by molar-refractivity contribution is -0.143. The number of esters is 1. The average molecular weight is 1170 g/mol. The van der Waals surface area contributed by atoms with E-state index in [-0.39, 0.29) is 18.4 Å². The van der Waals surface area contributed by atoms with E-state index in [1.807, 2.05) is 20.8 Å². The highest BCUT2D eigenvalue weighted by Crippen LogP contribution is 2.45. The van der Waals surface area contributed by atoms with E-state index in [1.165, 1.54) is 109 Å². The van der Waals surface area contributed by atoms with Crippen molar-refractivity contribution < 1.29 is 67.9 Å². The Hall–Kier alpha value is -5.35. The Morgan fingerprint density at radius 3 is 1.51 bits per heavy atom. The van der Waals surface area contributed by atoms with Crippen LogP contribution in [-0.4, -0.2) is 92.7 Å². The highest BCUT2D eigenvalue weighted by atomic mass is 16.5. The molecule has 3 amide bonds. The van der Waals surface area contributed by atoms with E-state index in [1.54, 1.807) is 0 Å². The molecule has 0 fully saturated rings. The van der Waals surface area contributed by atoms with Crippen LogP contribution in [0.5, 0.6) is 11.5 Å². The van der Waals surface area contributed by atoms with Gasteiger partial charge in [0.25, 0.3) is 0 Å². The second kappa shape index (κ2) is 40.8. The number of carboxylic acid groups (broad SMARTS) is 3. The van der Waals surface area contributed by atoms with Crippen LogP contribution in [0.3, 0.4) is 0 Å². The lowest BCUT2D eigenvalue weighted by Crippen LogP contribution is -2.44. The quantitative estimate of drug-likeness (QED) is 0.0153. The Balaban J connectivity index is 1.80. The predicted octanol–water partition coefficient (Wildman–Crippen LogP) is 13.0. The molecule has 17 nitrogen and oxygen atoms in total. The zero-order valence-electron chi connectivity index (χ0n) is 52.4. The number of aliphatic carboxylic acids is 3. The molecule has 0 spiro atoms. The largest absolute Gasteiger partial charge is 0.487 e. The molecule has 1 radical (unpaired) electrons. The van der Waals surface area contributed by atoms with Gasteiger partial charge in [-0.3, -0.25) is 28.8 Å². The minimum Gasteiger partial charge on any atom is -0.487 e. The normalized spacial score (nSPS) is 16.1. The molecule has 1 aromatic rings. The Morgan fingerprint density at radius 1 is 0.542 bits per heavy atom. The first-order chi connectivity index (χ1) is 39.4. The Bertz CT molecular complexity index is 2190. The first-order valence-corrected chi connectivity index (χ1v) is 31.9. The summed E-state index contributed by atoms with van der Waals surface area (Å²) in [4.78, 5) is 113. The Labute approximate surface area is 497 Å². The maximum atomic E-state index is 13.2. The van der Waals surface area contributed by atoms with Crippen molar-refractivity contribution in [1.29, 1.82) is 0 Å². The molecular weight excluding hydrogens is 1060 g/mol. The highest BCUT2D eigenvalue weighted by molar-refractivity contribution is 5.95. The SMILES string of the molecule is CCCCCCCCCCCCCCCCCC(=O)N[C@@H](CCC(=O)N[C@@H](CCC(=O)C([C]=O)C[C@H](NC(=O)CCC(=O)Oc1c(C)c(C)c2c(c1C)CC[C@@](C)(CCC[C@H](C)CCC[C@H](C)CCCC(C)C)O2)C(=O)O)C(=O)O)C(=O)O. The summed E-state index contributed by atoms with van der Waals surface area (Å²) in [5, 5.41) is 36.4. The molecule has 1 aromatic carbocycles. The van der Waals surface area contributed by atoms with Gasteiger partial charge in [0.15, 0.2) is 0 Å². The van der Waals surface area contributed by atoms with Crippen molar-refractivity contribution in [2.75, 3.05) is 0 Å². The van der Waals surface area contributed by atoms with Crippen molar-refractivity contribution in [2.24, 2.45) is 23.7 Å². The van der Waals surface area contributed by atoms with Crippen molar-refractivity contribution in [3.05, 3.63) is 22.3 Å². The molecule has 0 aliphatic carbocycles. The van der Waals surface area contributed by atoms with Gasteiger partial charge in [-0.25, -0.2) is 14.4 Å². The summed E-state index contributed by atoms with van der Waals surface area (Å²) < 4.78 is 12.6. The number of fused-ring (bicyclic) bond motifs is 1. The molecule has 0 bridgehead atoms. The number of ether oxygens (including phenoxy) is 2. The standard InChI is InChI=1S/C66H108N3O14/c1-10-11-12-13-14-15-16-17-18-19-20-21-22-23-24-33-57(72)67-54(64(78)79)35-37-58(73)68-53(63(76)77)34-36-56(71)51(44-70)43-55(65(80)81)69-59(74)38-39-60(75)82-61-48(6)49(7)62-52(50(61)8)40-42-66(9,83-62)41-27-32-47(5)31-26-30-46(4)29-25-28-45(2)3/h45-47,51,53-55H,10-43H2,1-9H3,(H,67,72)(H,68,73)(H,69,74)(H,76,77)(H,78,79)(H,80,81)/t46-,47-,51?,53+,54+,55+,66-/m1/s1. The third-order valence-corrected chi connectivity index (χ3v) is 16.9. The van der Waals surface area contributed by atoms with E-state index in [2.05, 4.69) is 57.5 Å². The summed E-state index contributed by atoms with van der Waals surface area (Å²) in [5.74, 6) is -6.55. The van der Waals surface area contributed by atoms with Gasteiger partial charge in [-0.2, -0.15) is 0 Å². The molecule has 0 aromatic heterocycles.